The maximum absolute atomic E-state index is 10.7. The lowest BCUT2D eigenvalue weighted by molar-refractivity contribution is -0.136. The second kappa shape index (κ2) is 8.92. The van der Waals surface area contributed by atoms with Gasteiger partial charge in [-0.15, -0.1) is 0 Å². The molecule has 14 heavy (non-hydrogen) atoms. The van der Waals surface area contributed by atoms with Crippen LogP contribution in [0.25, 0.3) is 0 Å². The minimum absolute atomic E-state index is 0.150. The summed E-state index contributed by atoms with van der Waals surface area (Å²) < 4.78 is 15.5. The SMILES string of the molecule is C=CC(=O)OC[SiH2]C(OCC)OCC. The fourth-order valence-electron chi connectivity index (χ4n) is 0.901. The summed E-state index contributed by atoms with van der Waals surface area (Å²) >= 11 is 0. The van der Waals surface area contributed by atoms with E-state index in [0.717, 1.165) is 6.08 Å². The van der Waals surface area contributed by atoms with Gasteiger partial charge in [0, 0.05) is 19.3 Å². The van der Waals surface area contributed by atoms with Crippen LogP contribution in [0, 0.1) is 0 Å². The van der Waals surface area contributed by atoms with Gasteiger partial charge >= 0.3 is 5.97 Å². The lowest BCUT2D eigenvalue weighted by atomic mass is 10.7. The number of hydrogen-bond donors (Lipinski definition) is 0. The second-order valence-corrected chi connectivity index (χ2v) is 4.15. The van der Waals surface area contributed by atoms with Crippen molar-refractivity contribution in [1.29, 1.82) is 0 Å². The molecule has 0 bridgehead atoms. The normalized spacial score (nSPS) is 11.1. The maximum atomic E-state index is 10.7. The number of ether oxygens (including phenoxy) is 3. The lowest BCUT2D eigenvalue weighted by Gasteiger charge is -2.15. The summed E-state index contributed by atoms with van der Waals surface area (Å²) in [7, 11) is -0.684. The first-order valence-electron chi connectivity index (χ1n) is 4.77. The largest absolute Gasteiger partial charge is 0.467 e. The van der Waals surface area contributed by atoms with E-state index in [1.807, 2.05) is 13.8 Å². The van der Waals surface area contributed by atoms with E-state index >= 15 is 0 Å². The standard InChI is InChI=1S/C9H18O4Si/c1-4-8(10)13-7-14-9(11-5-2)12-6-3/h4,9H,1,5-7,14H2,2-3H3. The molecule has 0 saturated heterocycles. The summed E-state index contributed by atoms with van der Waals surface area (Å²) in [5, 5.41) is 0. The zero-order valence-electron chi connectivity index (χ0n) is 8.82. The van der Waals surface area contributed by atoms with Gasteiger partial charge in [-0.05, 0) is 13.8 Å². The van der Waals surface area contributed by atoms with Crippen LogP contribution < -0.4 is 0 Å². The molecule has 0 aliphatic rings. The highest BCUT2D eigenvalue weighted by atomic mass is 28.2. The lowest BCUT2D eigenvalue weighted by Crippen LogP contribution is -2.28. The van der Waals surface area contributed by atoms with Crippen LogP contribution in [0.2, 0.25) is 0 Å². The minimum Gasteiger partial charge on any atom is -0.467 e. The van der Waals surface area contributed by atoms with Crippen LogP contribution >= 0.6 is 0 Å². The van der Waals surface area contributed by atoms with Crippen LogP contribution in [0.15, 0.2) is 12.7 Å². The third-order valence-electron chi connectivity index (χ3n) is 1.47. The molecule has 5 heteroatoms. The number of carbonyl (C=O) groups excluding carboxylic acids is 1. The van der Waals surface area contributed by atoms with E-state index in [4.69, 9.17) is 14.2 Å². The van der Waals surface area contributed by atoms with E-state index in [1.54, 1.807) is 0 Å². The highest BCUT2D eigenvalue weighted by Crippen LogP contribution is 1.93. The predicted octanol–water partition coefficient (Wildman–Crippen LogP) is 0.198. The van der Waals surface area contributed by atoms with Crippen molar-refractivity contribution in [3.8, 4) is 0 Å². The predicted molar refractivity (Wildman–Crippen MR) is 56.7 cm³/mol. The van der Waals surface area contributed by atoms with Gasteiger partial charge < -0.3 is 14.2 Å². The number of carbonyl (C=O) groups is 1. The third kappa shape index (κ3) is 6.82. The van der Waals surface area contributed by atoms with Crippen LogP contribution in [0.4, 0.5) is 0 Å². The Bertz CT molecular complexity index is 166. The fourth-order valence-corrected chi connectivity index (χ4v) is 2.22. The van der Waals surface area contributed by atoms with Gasteiger partial charge in [-0.2, -0.15) is 0 Å². The Morgan fingerprint density at radius 3 is 2.43 bits per heavy atom. The molecule has 0 unspecified atom stereocenters. The molecule has 0 saturated carbocycles. The van der Waals surface area contributed by atoms with E-state index in [-0.39, 0.29) is 11.9 Å². The average Bonchev–Trinajstić information content (AvgIpc) is 2.18. The Labute approximate surface area is 87.0 Å². The minimum atomic E-state index is -0.684. The quantitative estimate of drug-likeness (QED) is 0.253. The molecule has 0 N–H and O–H groups in total. The molecule has 0 rings (SSSR count). The summed E-state index contributed by atoms with van der Waals surface area (Å²) in [6.07, 6.45) is 1.58. The highest BCUT2D eigenvalue weighted by molar-refractivity contribution is 6.36. The summed E-state index contributed by atoms with van der Waals surface area (Å²) in [6.45, 7) is 8.37. The number of rotatable bonds is 8. The molecule has 0 heterocycles. The van der Waals surface area contributed by atoms with Crippen LogP contribution in [0.5, 0.6) is 0 Å². The highest BCUT2D eigenvalue weighted by Gasteiger charge is 2.09. The van der Waals surface area contributed by atoms with Gasteiger partial charge in [0.05, 0.1) is 6.23 Å². The molecule has 0 aromatic carbocycles. The van der Waals surface area contributed by atoms with Gasteiger partial charge in [0.15, 0.2) is 0 Å². The molecular weight excluding hydrogens is 200 g/mol. The van der Waals surface area contributed by atoms with Gasteiger partial charge in [0.25, 0.3) is 0 Å². The van der Waals surface area contributed by atoms with Crippen molar-refractivity contribution < 1.29 is 19.0 Å². The first kappa shape index (κ1) is 13.3. The number of hydrogen-bond acceptors (Lipinski definition) is 4. The van der Waals surface area contributed by atoms with E-state index in [0.29, 0.717) is 19.4 Å². The molecule has 4 nitrogen and oxygen atoms in total. The van der Waals surface area contributed by atoms with E-state index < -0.39 is 9.52 Å². The maximum Gasteiger partial charge on any atom is 0.329 e. The fraction of sp³-hybridized carbons (Fsp3) is 0.667. The van der Waals surface area contributed by atoms with E-state index in [2.05, 4.69) is 6.58 Å². The molecule has 0 amide bonds. The van der Waals surface area contributed by atoms with Crippen molar-refractivity contribution in [2.75, 3.05) is 19.4 Å². The van der Waals surface area contributed by atoms with Crippen molar-refractivity contribution in [1.82, 2.24) is 0 Å². The van der Waals surface area contributed by atoms with Crippen LogP contribution in [0.3, 0.4) is 0 Å². The molecule has 0 fully saturated rings. The van der Waals surface area contributed by atoms with Gasteiger partial charge in [-0.1, -0.05) is 6.58 Å². The Kier molecular flexibility index (Phi) is 8.51. The van der Waals surface area contributed by atoms with Crippen LogP contribution in [-0.2, 0) is 19.0 Å². The number of esters is 1. The first-order valence-corrected chi connectivity index (χ1v) is 6.58. The third-order valence-corrected chi connectivity index (χ3v) is 2.85. The van der Waals surface area contributed by atoms with Crippen molar-refractivity contribution in [2.45, 2.75) is 19.8 Å². The molecule has 0 aromatic heterocycles. The molecule has 0 spiro atoms. The molecule has 0 aliphatic heterocycles. The van der Waals surface area contributed by atoms with E-state index in [1.165, 1.54) is 0 Å². The van der Waals surface area contributed by atoms with Gasteiger partial charge in [0.1, 0.15) is 15.4 Å². The second-order valence-electron chi connectivity index (χ2n) is 2.50. The first-order chi connectivity index (χ1) is 6.74. The molecule has 0 atom stereocenters. The molecule has 82 valence electrons. The molecule has 0 aliphatic carbocycles. The Morgan fingerprint density at radius 1 is 1.43 bits per heavy atom. The monoisotopic (exact) mass is 218 g/mol. The van der Waals surface area contributed by atoms with Crippen LogP contribution in [-0.4, -0.2) is 40.8 Å². The van der Waals surface area contributed by atoms with Crippen molar-refractivity contribution >= 4 is 15.5 Å². The van der Waals surface area contributed by atoms with Gasteiger partial charge in [-0.25, -0.2) is 4.79 Å². The van der Waals surface area contributed by atoms with Crippen molar-refractivity contribution in [3.05, 3.63) is 12.7 Å². The average molecular weight is 218 g/mol. The Morgan fingerprint density at radius 2 is 2.00 bits per heavy atom. The molecule has 0 aromatic rings. The molecular formula is C9H18O4Si. The van der Waals surface area contributed by atoms with Crippen LogP contribution in [0.1, 0.15) is 13.8 Å². The van der Waals surface area contributed by atoms with E-state index in [9.17, 15) is 4.79 Å². The Hall–Kier alpha value is -0.653. The summed E-state index contributed by atoms with van der Waals surface area (Å²) in [5.74, 6) is -0.535. The van der Waals surface area contributed by atoms with Gasteiger partial charge in [-0.3, -0.25) is 0 Å². The zero-order chi connectivity index (χ0) is 10.8. The smallest absolute Gasteiger partial charge is 0.329 e. The van der Waals surface area contributed by atoms with Crippen molar-refractivity contribution in [3.63, 3.8) is 0 Å². The summed E-state index contributed by atoms with van der Waals surface area (Å²) in [5.41, 5.74) is 0. The molecule has 0 radical (unpaired) electrons. The summed E-state index contributed by atoms with van der Waals surface area (Å²) in [6, 6.07) is 0. The topological polar surface area (TPSA) is 44.8 Å². The summed E-state index contributed by atoms with van der Waals surface area (Å²) in [4.78, 5) is 10.7. The Balaban J connectivity index is 3.58. The van der Waals surface area contributed by atoms with Crippen molar-refractivity contribution in [2.24, 2.45) is 0 Å². The zero-order valence-corrected chi connectivity index (χ0v) is 10.2. The van der Waals surface area contributed by atoms with Gasteiger partial charge in [0.2, 0.25) is 0 Å².